The van der Waals surface area contributed by atoms with Gasteiger partial charge in [-0.15, -0.1) is 0 Å². The number of methoxy groups -OCH3 is 1. The third-order valence-corrected chi connectivity index (χ3v) is 6.46. The van der Waals surface area contributed by atoms with Gasteiger partial charge in [0.25, 0.3) is 0 Å². The summed E-state index contributed by atoms with van der Waals surface area (Å²) in [5.74, 6) is -0.933. The number of piperazine rings is 1. The molecule has 15 nitrogen and oxygen atoms in total. The highest BCUT2D eigenvalue weighted by atomic mass is 16.7. The maximum absolute atomic E-state index is 10.1. The van der Waals surface area contributed by atoms with Gasteiger partial charge >= 0.3 is 5.97 Å². The summed E-state index contributed by atoms with van der Waals surface area (Å²) in [6.07, 6.45) is 2.42. The van der Waals surface area contributed by atoms with Crippen LogP contribution in [0.5, 0.6) is 0 Å². The van der Waals surface area contributed by atoms with Crippen LogP contribution in [0.3, 0.4) is 0 Å². The second-order valence-electron chi connectivity index (χ2n) is 9.92. The minimum atomic E-state index is -1.17. The first-order valence-electron chi connectivity index (χ1n) is 14.8. The number of nitrogens with two attached hydrogens (primary N) is 3. The highest BCUT2D eigenvalue weighted by molar-refractivity contribution is 5.72. The second kappa shape index (κ2) is 27.8. The van der Waals surface area contributed by atoms with Gasteiger partial charge in [-0.2, -0.15) is 0 Å². The monoisotopic (exact) mass is 597 g/mol. The number of unbranched alkanes of at least 4 members (excludes halogenated alkanes) is 1. The maximum Gasteiger partial charge on any atom is 0.320 e. The van der Waals surface area contributed by atoms with Crippen molar-refractivity contribution in [1.82, 2.24) is 21.3 Å². The van der Waals surface area contributed by atoms with Gasteiger partial charge in [-0.05, 0) is 45.3 Å². The molecular weight excluding hydrogens is 538 g/mol. The Hall–Kier alpha value is -1.05. The predicted molar refractivity (Wildman–Crippen MR) is 157 cm³/mol. The van der Waals surface area contributed by atoms with Crippen LogP contribution in [0.15, 0.2) is 0 Å². The molecule has 4 aliphatic rings. The van der Waals surface area contributed by atoms with Crippen LogP contribution in [0.25, 0.3) is 0 Å². The molecule has 4 fully saturated rings. The van der Waals surface area contributed by atoms with E-state index >= 15 is 0 Å². The van der Waals surface area contributed by atoms with Crippen LogP contribution >= 0.6 is 0 Å². The lowest BCUT2D eigenvalue weighted by Gasteiger charge is -2.39. The maximum atomic E-state index is 10.1. The van der Waals surface area contributed by atoms with Gasteiger partial charge in [0.2, 0.25) is 0 Å². The number of aliphatic hydroxyl groups excluding tert-OH is 3. The van der Waals surface area contributed by atoms with Crippen LogP contribution in [0.2, 0.25) is 0 Å². The molecule has 0 aliphatic carbocycles. The van der Waals surface area contributed by atoms with E-state index in [1.54, 1.807) is 0 Å². The van der Waals surface area contributed by atoms with Crippen molar-refractivity contribution in [2.24, 2.45) is 17.2 Å². The van der Waals surface area contributed by atoms with Crippen LogP contribution in [0.1, 0.15) is 38.5 Å². The highest BCUT2D eigenvalue weighted by Gasteiger charge is 2.42. The van der Waals surface area contributed by atoms with Crippen molar-refractivity contribution in [3.8, 4) is 0 Å². The van der Waals surface area contributed by atoms with Crippen LogP contribution in [0.4, 0.5) is 0 Å². The lowest BCUT2D eigenvalue weighted by molar-refractivity contribution is -0.257. The average molecular weight is 598 g/mol. The smallest absolute Gasteiger partial charge is 0.320 e. The zero-order chi connectivity index (χ0) is 30.7. The Morgan fingerprint density at radius 3 is 1.76 bits per heavy atom. The lowest BCUT2D eigenvalue weighted by atomic mass is 9.98. The number of aliphatic hydroxyl groups is 3. The number of carbonyl (C=O) groups is 1. The average Bonchev–Trinajstić information content (AvgIpc) is 3.04. The quantitative estimate of drug-likeness (QED) is 0.127. The molecule has 2 unspecified atom stereocenters. The van der Waals surface area contributed by atoms with E-state index in [1.165, 1.54) is 39.5 Å². The molecule has 246 valence electrons. The van der Waals surface area contributed by atoms with Crippen LogP contribution in [-0.4, -0.2) is 149 Å². The fraction of sp³-hybridized carbons (Fsp3) is 0.962. The molecule has 0 amide bonds. The van der Waals surface area contributed by atoms with Crippen LogP contribution in [-0.2, 0) is 19.0 Å². The molecule has 4 aliphatic heterocycles. The number of carboxylic acids is 1. The predicted octanol–water partition coefficient (Wildman–Crippen LogP) is -3.53. The number of morpholine rings is 1. The molecule has 6 atom stereocenters. The molecule has 41 heavy (non-hydrogen) atoms. The summed E-state index contributed by atoms with van der Waals surface area (Å²) in [6, 6.07) is -1.52. The normalized spacial score (nSPS) is 28.4. The third-order valence-electron chi connectivity index (χ3n) is 6.46. The summed E-state index contributed by atoms with van der Waals surface area (Å²) >= 11 is 0. The van der Waals surface area contributed by atoms with Crippen molar-refractivity contribution in [3.63, 3.8) is 0 Å². The van der Waals surface area contributed by atoms with E-state index in [1.807, 2.05) is 0 Å². The number of aliphatic carboxylic acids is 1. The fourth-order valence-electron chi connectivity index (χ4n) is 3.87. The number of nitrogens with one attached hydrogen (secondary N) is 4. The van der Waals surface area contributed by atoms with Crippen molar-refractivity contribution in [2.75, 3.05) is 85.8 Å². The van der Waals surface area contributed by atoms with Gasteiger partial charge in [0.15, 0.2) is 6.29 Å². The SMILES string of the molecule is C1CCNCC1.C1CNCCN1.C1COCCN1.COC1O[C@H](CO)[C@@H](O)[C@H](O)[C@H]1N.NCCCCC(N)C(=O)O. The number of piperidine rings is 1. The number of ether oxygens (including phenoxy) is 3. The zero-order valence-corrected chi connectivity index (χ0v) is 24.8. The van der Waals surface area contributed by atoms with Crippen molar-refractivity contribution in [3.05, 3.63) is 0 Å². The molecule has 0 spiro atoms. The standard InChI is InChI=1S/C7H15NO5.C6H14N2O2.C5H11N.C4H10N2.C4H9NO/c1-12-7-4(8)6(11)5(10)3(2-9)13-7;7-4-2-1-3-5(8)6(9)10;1-2-4-6-5-3-1;1-2-6-4-3-5-1;1-3-6-4-2-5-1/h3-7,9-11H,2,8H2,1H3;5H,1-4,7-8H2,(H,9,10);6H,1-5H2;5-6H,1-4H2;5H,1-4H2/t3-,4-,5-,6-,7?;;;;/m1..../s1. The second-order valence-corrected chi connectivity index (χ2v) is 9.92. The van der Waals surface area contributed by atoms with Gasteiger partial charge in [-0.3, -0.25) is 4.79 Å². The van der Waals surface area contributed by atoms with Gasteiger partial charge in [-0.25, -0.2) is 0 Å². The Morgan fingerprint density at radius 2 is 1.44 bits per heavy atom. The Kier molecular flexibility index (Phi) is 27.1. The van der Waals surface area contributed by atoms with E-state index in [0.29, 0.717) is 13.0 Å². The van der Waals surface area contributed by atoms with E-state index in [0.717, 1.165) is 65.3 Å². The molecule has 0 aromatic rings. The van der Waals surface area contributed by atoms with Crippen molar-refractivity contribution in [1.29, 1.82) is 0 Å². The minimum Gasteiger partial charge on any atom is -0.480 e. The summed E-state index contributed by atoms with van der Waals surface area (Å²) < 4.78 is 14.9. The minimum absolute atomic E-state index is 0.384. The molecule has 0 radical (unpaired) electrons. The van der Waals surface area contributed by atoms with E-state index in [2.05, 4.69) is 21.3 Å². The third kappa shape index (κ3) is 21.3. The van der Waals surface area contributed by atoms with E-state index in [9.17, 15) is 15.0 Å². The zero-order valence-electron chi connectivity index (χ0n) is 24.8. The van der Waals surface area contributed by atoms with Crippen LogP contribution in [0, 0.1) is 0 Å². The summed E-state index contributed by atoms with van der Waals surface area (Å²) in [6.45, 7) is 11.1. The van der Waals surface area contributed by atoms with Gasteiger partial charge in [0.1, 0.15) is 24.4 Å². The topological polar surface area (TPSA) is 252 Å². The summed E-state index contributed by atoms with van der Waals surface area (Å²) in [5, 5.41) is 48.8. The van der Waals surface area contributed by atoms with Crippen molar-refractivity contribution >= 4 is 5.97 Å². The molecule has 4 saturated heterocycles. The summed E-state index contributed by atoms with van der Waals surface area (Å²) in [5.41, 5.74) is 15.9. The van der Waals surface area contributed by atoms with Gasteiger partial charge in [0, 0.05) is 46.4 Å². The number of hydrogen-bond donors (Lipinski definition) is 11. The number of carboxylic acid groups (broad SMARTS) is 1. The van der Waals surface area contributed by atoms with Gasteiger partial charge < -0.3 is 73.1 Å². The Bertz CT molecular complexity index is 505. The van der Waals surface area contributed by atoms with Gasteiger partial charge in [0.05, 0.1) is 25.9 Å². The summed E-state index contributed by atoms with van der Waals surface area (Å²) in [4.78, 5) is 10.1. The molecule has 4 heterocycles. The fourth-order valence-corrected chi connectivity index (χ4v) is 3.87. The molecule has 4 rings (SSSR count). The Labute approximate surface area is 245 Å². The Morgan fingerprint density at radius 1 is 0.902 bits per heavy atom. The summed E-state index contributed by atoms with van der Waals surface area (Å²) in [7, 11) is 1.38. The first kappa shape index (κ1) is 40.0. The van der Waals surface area contributed by atoms with Gasteiger partial charge in [-0.1, -0.05) is 12.8 Å². The highest BCUT2D eigenvalue weighted by Crippen LogP contribution is 2.19. The molecule has 0 aromatic heterocycles. The number of hydrogen-bond acceptors (Lipinski definition) is 14. The van der Waals surface area contributed by atoms with E-state index in [4.69, 9.17) is 41.6 Å². The lowest BCUT2D eigenvalue weighted by Crippen LogP contribution is -2.62. The first-order chi connectivity index (χ1) is 19.8. The molecule has 0 saturated carbocycles. The number of rotatable bonds is 7. The molecule has 0 bridgehead atoms. The molecular formula is C26H59N7O8. The van der Waals surface area contributed by atoms with E-state index < -0.39 is 42.7 Å². The molecule has 15 heteroatoms. The van der Waals surface area contributed by atoms with Crippen molar-refractivity contribution in [2.45, 2.75) is 75.2 Å². The first-order valence-corrected chi connectivity index (χ1v) is 14.8. The largest absolute Gasteiger partial charge is 0.480 e. The van der Waals surface area contributed by atoms with Crippen LogP contribution < -0.4 is 38.5 Å². The van der Waals surface area contributed by atoms with E-state index in [-0.39, 0.29) is 6.61 Å². The molecule has 14 N–H and O–H groups in total. The van der Waals surface area contributed by atoms with Crippen molar-refractivity contribution < 1.29 is 39.4 Å². The molecule has 0 aromatic carbocycles. The Balaban J connectivity index is 0.000000508.